The van der Waals surface area contributed by atoms with E-state index in [0.717, 1.165) is 57.2 Å². The number of aryl methyl sites for hydroxylation is 1. The highest BCUT2D eigenvalue weighted by atomic mass is 16.6. The van der Waals surface area contributed by atoms with Crippen LogP contribution in [0.15, 0.2) is 18.2 Å². The Bertz CT molecular complexity index is 485. The van der Waals surface area contributed by atoms with Crippen LogP contribution < -0.4 is 4.90 Å². The molecule has 116 valence electrons. The van der Waals surface area contributed by atoms with Crippen LogP contribution in [0.5, 0.6) is 0 Å². The minimum atomic E-state index is -0.329. The smallest absolute Gasteiger partial charge is 0.272 e. The van der Waals surface area contributed by atoms with Crippen LogP contribution in [0.25, 0.3) is 0 Å². The van der Waals surface area contributed by atoms with Crippen molar-refractivity contribution in [3.05, 3.63) is 33.9 Å². The van der Waals surface area contributed by atoms with E-state index in [9.17, 15) is 10.1 Å². The van der Waals surface area contributed by atoms with Crippen LogP contribution in [-0.4, -0.2) is 55.8 Å². The lowest BCUT2D eigenvalue weighted by molar-refractivity contribution is -0.385. The topological polar surface area (TPSA) is 58.8 Å². The van der Waals surface area contributed by atoms with Gasteiger partial charge in [-0.2, -0.15) is 0 Å². The van der Waals surface area contributed by atoms with Gasteiger partial charge in [0.25, 0.3) is 5.69 Å². The fraction of sp³-hybridized carbons (Fsp3) is 0.600. The number of ether oxygens (including phenoxy) is 1. The summed E-state index contributed by atoms with van der Waals surface area (Å²) < 4.78 is 5.38. The quantitative estimate of drug-likeness (QED) is 0.456. The molecule has 0 saturated carbocycles. The molecule has 6 heteroatoms. The number of nitrogens with zero attached hydrogens (tertiary/aromatic N) is 3. The highest BCUT2D eigenvalue weighted by Crippen LogP contribution is 2.24. The molecule has 0 bridgehead atoms. The van der Waals surface area contributed by atoms with Gasteiger partial charge in [-0.05, 0) is 26.0 Å². The Morgan fingerprint density at radius 1 is 1.29 bits per heavy atom. The van der Waals surface area contributed by atoms with Crippen LogP contribution in [0.3, 0.4) is 0 Å². The van der Waals surface area contributed by atoms with Crippen LogP contribution in [0.1, 0.15) is 12.5 Å². The Morgan fingerprint density at radius 2 is 2.00 bits per heavy atom. The first-order chi connectivity index (χ1) is 10.1. The van der Waals surface area contributed by atoms with Crippen LogP contribution in [0.2, 0.25) is 0 Å². The molecule has 1 aromatic carbocycles. The maximum Gasteiger partial charge on any atom is 0.272 e. The van der Waals surface area contributed by atoms with Crippen LogP contribution in [-0.2, 0) is 4.74 Å². The maximum absolute atomic E-state index is 10.9. The van der Waals surface area contributed by atoms with E-state index >= 15 is 0 Å². The van der Waals surface area contributed by atoms with Crippen LogP contribution in [0, 0.1) is 17.0 Å². The zero-order chi connectivity index (χ0) is 15.2. The summed E-state index contributed by atoms with van der Waals surface area (Å²) in [4.78, 5) is 15.2. The van der Waals surface area contributed by atoms with Crippen molar-refractivity contribution in [3.63, 3.8) is 0 Å². The van der Waals surface area contributed by atoms with Crippen molar-refractivity contribution < 1.29 is 9.66 Å². The second kappa shape index (κ2) is 7.38. The third kappa shape index (κ3) is 4.15. The summed E-state index contributed by atoms with van der Waals surface area (Å²) in [6.45, 7) is 10.2. The zero-order valence-electron chi connectivity index (χ0n) is 12.7. The van der Waals surface area contributed by atoms with Gasteiger partial charge in [0, 0.05) is 56.6 Å². The normalized spacial score (nSPS) is 16.2. The molecule has 0 unspecified atom stereocenters. The average Bonchev–Trinajstić information content (AvgIpc) is 2.48. The molecule has 1 heterocycles. The number of rotatable bonds is 6. The van der Waals surface area contributed by atoms with E-state index in [1.54, 1.807) is 13.0 Å². The van der Waals surface area contributed by atoms with Crippen molar-refractivity contribution in [2.75, 3.05) is 50.8 Å². The summed E-state index contributed by atoms with van der Waals surface area (Å²) in [5.74, 6) is 0. The summed E-state index contributed by atoms with van der Waals surface area (Å²) in [5.41, 5.74) is 1.98. The van der Waals surface area contributed by atoms with Crippen molar-refractivity contribution in [2.24, 2.45) is 0 Å². The van der Waals surface area contributed by atoms with Crippen molar-refractivity contribution in [1.29, 1.82) is 0 Å². The van der Waals surface area contributed by atoms with Crippen molar-refractivity contribution >= 4 is 11.4 Å². The van der Waals surface area contributed by atoms with E-state index in [1.165, 1.54) is 0 Å². The summed E-state index contributed by atoms with van der Waals surface area (Å²) >= 11 is 0. The molecule has 0 aliphatic carbocycles. The third-order valence-electron chi connectivity index (χ3n) is 3.87. The van der Waals surface area contributed by atoms with Crippen molar-refractivity contribution in [2.45, 2.75) is 13.8 Å². The Kier molecular flexibility index (Phi) is 5.52. The molecule has 1 aliphatic heterocycles. The van der Waals surface area contributed by atoms with E-state index in [4.69, 9.17) is 4.74 Å². The Labute approximate surface area is 125 Å². The van der Waals surface area contributed by atoms with Gasteiger partial charge < -0.3 is 9.64 Å². The summed E-state index contributed by atoms with van der Waals surface area (Å²) in [6.07, 6.45) is 0. The summed E-state index contributed by atoms with van der Waals surface area (Å²) in [6, 6.07) is 5.36. The number of piperazine rings is 1. The lowest BCUT2D eigenvalue weighted by Crippen LogP contribution is -2.47. The monoisotopic (exact) mass is 293 g/mol. The molecular formula is C15H23N3O3. The van der Waals surface area contributed by atoms with E-state index in [0.29, 0.717) is 0 Å². The fourth-order valence-electron chi connectivity index (χ4n) is 2.61. The first kappa shape index (κ1) is 15.7. The van der Waals surface area contributed by atoms with Gasteiger partial charge in [0.15, 0.2) is 0 Å². The molecule has 0 atom stereocenters. The first-order valence-corrected chi connectivity index (χ1v) is 7.42. The minimum Gasteiger partial charge on any atom is -0.380 e. The Morgan fingerprint density at radius 3 is 2.57 bits per heavy atom. The molecule has 0 amide bonds. The molecule has 0 N–H and O–H groups in total. The number of nitro groups is 1. The molecule has 1 fully saturated rings. The predicted molar refractivity (Wildman–Crippen MR) is 83.0 cm³/mol. The number of nitro benzene ring substituents is 1. The van der Waals surface area contributed by atoms with Gasteiger partial charge in [-0.3, -0.25) is 15.0 Å². The number of hydrogen-bond acceptors (Lipinski definition) is 5. The van der Waals surface area contributed by atoms with Gasteiger partial charge in [-0.25, -0.2) is 0 Å². The number of benzene rings is 1. The highest BCUT2D eigenvalue weighted by molar-refractivity contribution is 5.55. The SMILES string of the molecule is CCOCCN1CCN(c2ccc([N+](=O)[O-])c(C)c2)CC1. The third-order valence-corrected chi connectivity index (χ3v) is 3.87. The molecule has 1 aliphatic rings. The van der Waals surface area contributed by atoms with E-state index < -0.39 is 0 Å². The van der Waals surface area contributed by atoms with E-state index in [1.807, 2.05) is 19.1 Å². The van der Waals surface area contributed by atoms with Gasteiger partial charge in [0.05, 0.1) is 11.5 Å². The van der Waals surface area contributed by atoms with Gasteiger partial charge in [0.2, 0.25) is 0 Å². The highest BCUT2D eigenvalue weighted by Gasteiger charge is 2.18. The second-order valence-electron chi connectivity index (χ2n) is 5.25. The molecule has 1 aromatic rings. The van der Waals surface area contributed by atoms with Crippen LogP contribution >= 0.6 is 0 Å². The standard InChI is InChI=1S/C15H23N3O3/c1-3-21-11-10-16-6-8-17(9-7-16)14-4-5-15(18(19)20)13(2)12-14/h4-5,12H,3,6-11H2,1-2H3. The molecular weight excluding hydrogens is 270 g/mol. The average molecular weight is 293 g/mol. The molecule has 1 saturated heterocycles. The van der Waals surface area contributed by atoms with E-state index in [-0.39, 0.29) is 10.6 Å². The minimum absolute atomic E-state index is 0.189. The summed E-state index contributed by atoms with van der Waals surface area (Å²) in [5, 5.41) is 10.9. The Balaban J connectivity index is 1.90. The molecule has 0 aromatic heterocycles. The van der Waals surface area contributed by atoms with Crippen molar-refractivity contribution in [3.8, 4) is 0 Å². The first-order valence-electron chi connectivity index (χ1n) is 7.42. The van der Waals surface area contributed by atoms with Gasteiger partial charge in [-0.15, -0.1) is 0 Å². The maximum atomic E-state index is 10.9. The molecule has 6 nitrogen and oxygen atoms in total. The number of anilines is 1. The molecule has 0 radical (unpaired) electrons. The predicted octanol–water partition coefficient (Wildman–Crippen LogP) is 2.06. The van der Waals surface area contributed by atoms with Gasteiger partial charge in [0.1, 0.15) is 0 Å². The lowest BCUT2D eigenvalue weighted by atomic mass is 10.1. The molecule has 2 rings (SSSR count). The molecule has 21 heavy (non-hydrogen) atoms. The zero-order valence-corrected chi connectivity index (χ0v) is 12.7. The largest absolute Gasteiger partial charge is 0.380 e. The van der Waals surface area contributed by atoms with Crippen LogP contribution in [0.4, 0.5) is 11.4 Å². The fourth-order valence-corrected chi connectivity index (χ4v) is 2.61. The second-order valence-corrected chi connectivity index (χ2v) is 5.25. The van der Waals surface area contributed by atoms with Gasteiger partial charge >= 0.3 is 0 Å². The van der Waals surface area contributed by atoms with Crippen molar-refractivity contribution in [1.82, 2.24) is 4.90 Å². The van der Waals surface area contributed by atoms with Gasteiger partial charge in [-0.1, -0.05) is 0 Å². The molecule has 0 spiro atoms. The summed E-state index contributed by atoms with van der Waals surface area (Å²) in [7, 11) is 0. The number of hydrogen-bond donors (Lipinski definition) is 0. The lowest BCUT2D eigenvalue weighted by Gasteiger charge is -2.36. The Hall–Kier alpha value is -1.66. The van der Waals surface area contributed by atoms with E-state index in [2.05, 4.69) is 9.80 Å².